The summed E-state index contributed by atoms with van der Waals surface area (Å²) in [6.45, 7) is 0.336. The third-order valence-electron chi connectivity index (χ3n) is 2.47. The van der Waals surface area contributed by atoms with Crippen molar-refractivity contribution in [2.24, 2.45) is 0 Å². The molecule has 0 atom stereocenters. The van der Waals surface area contributed by atoms with E-state index in [0.29, 0.717) is 17.8 Å². The van der Waals surface area contributed by atoms with Gasteiger partial charge in [0, 0.05) is 17.5 Å². The number of nitrogens with one attached hydrogen (secondary N) is 1. The van der Waals surface area contributed by atoms with Crippen molar-refractivity contribution in [3.8, 4) is 0 Å². The van der Waals surface area contributed by atoms with E-state index in [-0.39, 0.29) is 18.2 Å². The molecule has 0 aliphatic carbocycles. The molecule has 0 spiro atoms. The second-order valence-corrected chi connectivity index (χ2v) is 6.81. The summed E-state index contributed by atoms with van der Waals surface area (Å²) in [4.78, 5) is 13.9. The van der Waals surface area contributed by atoms with Gasteiger partial charge in [-0.15, -0.1) is 24.2 Å². The summed E-state index contributed by atoms with van der Waals surface area (Å²) in [5.41, 5.74) is 1.03. The normalized spacial score (nSPS) is 13.9. The summed E-state index contributed by atoms with van der Waals surface area (Å²) in [6.07, 6.45) is 2.98. The first-order valence-electron chi connectivity index (χ1n) is 5.57. The number of benzene rings is 1. The molecular formula is C12H15ClN2O3S2. The van der Waals surface area contributed by atoms with Gasteiger partial charge in [-0.3, -0.25) is 9.52 Å². The van der Waals surface area contributed by atoms with Crippen molar-refractivity contribution in [3.63, 3.8) is 0 Å². The van der Waals surface area contributed by atoms with Crippen LogP contribution < -0.4 is 4.72 Å². The topological polar surface area (TPSA) is 66.5 Å². The third kappa shape index (κ3) is 5.07. The highest BCUT2D eigenvalue weighted by atomic mass is 35.5. The first-order valence-corrected chi connectivity index (χ1v) is 8.51. The van der Waals surface area contributed by atoms with Gasteiger partial charge in [0.15, 0.2) is 5.78 Å². The van der Waals surface area contributed by atoms with Gasteiger partial charge < -0.3 is 4.90 Å². The molecule has 1 aliphatic heterocycles. The molecule has 1 heterocycles. The van der Waals surface area contributed by atoms with E-state index in [1.165, 1.54) is 0 Å². The van der Waals surface area contributed by atoms with E-state index in [4.69, 9.17) is 0 Å². The number of Topliss-reactive ketones (excluding diaryl/α,β-unsaturated/α-hetero) is 1. The highest BCUT2D eigenvalue weighted by molar-refractivity contribution is 8.02. The minimum atomic E-state index is -3.28. The van der Waals surface area contributed by atoms with Crippen molar-refractivity contribution < 1.29 is 13.2 Å². The van der Waals surface area contributed by atoms with Crippen molar-refractivity contribution in [3.05, 3.63) is 41.4 Å². The molecule has 110 valence electrons. The molecule has 1 aromatic carbocycles. The van der Waals surface area contributed by atoms with Gasteiger partial charge in [-0.1, -0.05) is 0 Å². The van der Waals surface area contributed by atoms with Crippen molar-refractivity contribution >= 4 is 45.7 Å². The fraction of sp³-hybridized carbons (Fsp3) is 0.250. The zero-order valence-corrected chi connectivity index (χ0v) is 13.2. The lowest BCUT2D eigenvalue weighted by Gasteiger charge is -2.13. The lowest BCUT2D eigenvalue weighted by Crippen LogP contribution is -2.22. The molecule has 0 saturated heterocycles. The van der Waals surface area contributed by atoms with Gasteiger partial charge in [-0.05, 0) is 29.7 Å². The first kappa shape index (κ1) is 16.9. The quantitative estimate of drug-likeness (QED) is 0.836. The number of carbonyl (C=O) groups is 1. The fourth-order valence-corrected chi connectivity index (χ4v) is 2.90. The summed E-state index contributed by atoms with van der Waals surface area (Å²) in [5.74, 6) is 0.803. The van der Waals surface area contributed by atoms with Gasteiger partial charge in [0.05, 0.1) is 18.7 Å². The minimum absolute atomic E-state index is 0. The van der Waals surface area contributed by atoms with Crippen LogP contribution in [0.1, 0.15) is 10.4 Å². The predicted octanol–water partition coefficient (Wildman–Crippen LogP) is 2.14. The monoisotopic (exact) mass is 334 g/mol. The molecule has 2 rings (SSSR count). The first-order chi connectivity index (χ1) is 8.94. The number of hydrogen-bond donors (Lipinski definition) is 1. The predicted molar refractivity (Wildman–Crippen MR) is 84.8 cm³/mol. The van der Waals surface area contributed by atoms with Gasteiger partial charge in [-0.25, -0.2) is 8.42 Å². The van der Waals surface area contributed by atoms with E-state index in [1.807, 2.05) is 16.5 Å². The molecule has 0 fully saturated rings. The Balaban J connectivity index is 0.00000200. The SMILES string of the molecule is CS(=O)(=O)Nc1ccc(C(=O)CN2C=CSC2)cc1.Cl. The van der Waals surface area contributed by atoms with E-state index < -0.39 is 10.0 Å². The van der Waals surface area contributed by atoms with Gasteiger partial charge in [0.25, 0.3) is 0 Å². The molecule has 0 aromatic heterocycles. The molecule has 0 amide bonds. The van der Waals surface area contributed by atoms with Crippen LogP contribution in [0, 0.1) is 0 Å². The number of nitrogens with zero attached hydrogens (tertiary/aromatic N) is 1. The minimum Gasteiger partial charge on any atom is -0.360 e. The maximum Gasteiger partial charge on any atom is 0.229 e. The van der Waals surface area contributed by atoms with Gasteiger partial charge in [0.2, 0.25) is 10.0 Å². The summed E-state index contributed by atoms with van der Waals surface area (Å²) < 4.78 is 24.5. The van der Waals surface area contributed by atoms with E-state index >= 15 is 0 Å². The van der Waals surface area contributed by atoms with Crippen molar-refractivity contribution in [2.45, 2.75) is 0 Å². The van der Waals surface area contributed by atoms with Crippen LogP contribution >= 0.6 is 24.2 Å². The number of halogens is 1. The molecule has 1 aliphatic rings. The third-order valence-corrected chi connectivity index (χ3v) is 3.87. The number of thioether (sulfide) groups is 1. The van der Waals surface area contributed by atoms with Crippen LogP contribution in [0.2, 0.25) is 0 Å². The molecule has 1 N–H and O–H groups in total. The second kappa shape index (κ2) is 7.01. The molecule has 0 unspecified atom stereocenters. The van der Waals surface area contributed by atoms with E-state index in [9.17, 15) is 13.2 Å². The molecule has 8 heteroatoms. The Kier molecular flexibility index (Phi) is 5.91. The Labute approximate surface area is 128 Å². The number of hydrogen-bond acceptors (Lipinski definition) is 5. The Hall–Kier alpha value is -1.18. The maximum atomic E-state index is 12.0. The van der Waals surface area contributed by atoms with E-state index in [2.05, 4.69) is 4.72 Å². The van der Waals surface area contributed by atoms with Crippen molar-refractivity contribution in [2.75, 3.05) is 23.4 Å². The second-order valence-electron chi connectivity index (χ2n) is 4.20. The zero-order valence-electron chi connectivity index (χ0n) is 10.8. The highest BCUT2D eigenvalue weighted by Gasteiger charge is 2.12. The number of anilines is 1. The van der Waals surface area contributed by atoms with Crippen molar-refractivity contribution in [1.82, 2.24) is 4.90 Å². The summed E-state index contributed by atoms with van der Waals surface area (Å²) in [6, 6.07) is 6.43. The smallest absolute Gasteiger partial charge is 0.229 e. The number of ketones is 1. The largest absolute Gasteiger partial charge is 0.360 e. The van der Waals surface area contributed by atoms with Crippen LogP contribution in [0.3, 0.4) is 0 Å². The van der Waals surface area contributed by atoms with Crippen LogP contribution in [0.15, 0.2) is 35.9 Å². The van der Waals surface area contributed by atoms with Crippen LogP contribution in [0.4, 0.5) is 5.69 Å². The van der Waals surface area contributed by atoms with Crippen LogP contribution in [-0.2, 0) is 10.0 Å². The molecule has 0 bridgehead atoms. The van der Waals surface area contributed by atoms with Crippen molar-refractivity contribution in [1.29, 1.82) is 0 Å². The maximum absolute atomic E-state index is 12.0. The van der Waals surface area contributed by atoms with Crippen LogP contribution in [0.5, 0.6) is 0 Å². The molecule has 1 aromatic rings. The average molecular weight is 335 g/mol. The zero-order chi connectivity index (χ0) is 13.9. The van der Waals surface area contributed by atoms with Crippen LogP contribution in [-0.4, -0.2) is 37.8 Å². The molecular weight excluding hydrogens is 320 g/mol. The Morgan fingerprint density at radius 3 is 2.50 bits per heavy atom. The standard InChI is InChI=1S/C12H14N2O3S2.ClH/c1-19(16,17)13-11-4-2-10(3-5-11)12(15)8-14-6-7-18-9-14;/h2-7,13H,8-9H2,1H3;1H. The number of rotatable bonds is 5. The Morgan fingerprint density at radius 1 is 1.35 bits per heavy atom. The fourth-order valence-electron chi connectivity index (χ4n) is 1.62. The van der Waals surface area contributed by atoms with Gasteiger partial charge in [0.1, 0.15) is 0 Å². The average Bonchev–Trinajstić information content (AvgIpc) is 2.80. The summed E-state index contributed by atoms with van der Waals surface area (Å²) >= 11 is 1.64. The van der Waals surface area contributed by atoms with E-state index in [0.717, 1.165) is 12.1 Å². The Bertz CT molecular complexity index is 600. The molecule has 0 radical (unpaired) electrons. The summed E-state index contributed by atoms with van der Waals surface area (Å²) in [5, 5.41) is 1.95. The van der Waals surface area contributed by atoms with Gasteiger partial charge >= 0.3 is 0 Å². The molecule has 5 nitrogen and oxygen atoms in total. The Morgan fingerprint density at radius 2 is 2.00 bits per heavy atom. The van der Waals surface area contributed by atoms with Crippen LogP contribution in [0.25, 0.3) is 0 Å². The highest BCUT2D eigenvalue weighted by Crippen LogP contribution is 2.16. The molecule has 0 saturated carbocycles. The van der Waals surface area contributed by atoms with E-state index in [1.54, 1.807) is 36.0 Å². The number of carbonyl (C=O) groups excluding carboxylic acids is 1. The lowest BCUT2D eigenvalue weighted by atomic mass is 10.1. The lowest BCUT2D eigenvalue weighted by molar-refractivity contribution is 0.0963. The molecule has 20 heavy (non-hydrogen) atoms. The summed E-state index contributed by atoms with van der Waals surface area (Å²) in [7, 11) is -3.28. The van der Waals surface area contributed by atoms with Gasteiger partial charge in [-0.2, -0.15) is 0 Å². The number of sulfonamides is 1.